The number of hydrogen-bond acceptors (Lipinski definition) is 4. The van der Waals surface area contributed by atoms with Gasteiger partial charge in [0.2, 0.25) is 10.0 Å². The van der Waals surface area contributed by atoms with Crippen molar-refractivity contribution in [2.75, 3.05) is 24.2 Å². The number of sulfonamides is 1. The Balaban J connectivity index is 3.03. The molecule has 88 valence electrons. The van der Waals surface area contributed by atoms with Gasteiger partial charge in [-0.05, 0) is 12.1 Å². The van der Waals surface area contributed by atoms with Gasteiger partial charge in [-0.2, -0.15) is 0 Å². The van der Waals surface area contributed by atoms with Crippen molar-refractivity contribution in [1.29, 1.82) is 0 Å². The van der Waals surface area contributed by atoms with Crippen molar-refractivity contribution in [1.82, 2.24) is 0 Å². The maximum Gasteiger partial charge on any atom is 0.326 e. The van der Waals surface area contributed by atoms with Crippen molar-refractivity contribution < 1.29 is 17.9 Å². The monoisotopic (exact) mass is 243 g/mol. The molecule has 0 saturated heterocycles. The Hall–Kier alpha value is -1.56. The van der Waals surface area contributed by atoms with Gasteiger partial charge in [0.25, 0.3) is 0 Å². The first kappa shape index (κ1) is 12.5. The summed E-state index contributed by atoms with van der Waals surface area (Å²) in [6.07, 6.45) is 1.04. The number of esters is 1. The number of para-hydroxylation sites is 1. The van der Waals surface area contributed by atoms with E-state index in [1.807, 2.05) is 0 Å². The molecule has 0 atom stereocenters. The van der Waals surface area contributed by atoms with E-state index in [1.54, 1.807) is 30.3 Å². The van der Waals surface area contributed by atoms with Crippen molar-refractivity contribution in [3.05, 3.63) is 30.3 Å². The van der Waals surface area contributed by atoms with Crippen LogP contribution in [0.3, 0.4) is 0 Å². The van der Waals surface area contributed by atoms with Crippen molar-refractivity contribution in [3.63, 3.8) is 0 Å². The maximum absolute atomic E-state index is 11.5. The third kappa shape index (κ3) is 3.23. The smallest absolute Gasteiger partial charge is 0.326 e. The molecular weight excluding hydrogens is 230 g/mol. The van der Waals surface area contributed by atoms with Crippen LogP contribution in [0.15, 0.2) is 30.3 Å². The number of carbonyl (C=O) groups is 1. The highest BCUT2D eigenvalue weighted by Crippen LogP contribution is 2.16. The van der Waals surface area contributed by atoms with E-state index in [-0.39, 0.29) is 6.54 Å². The zero-order valence-electron chi connectivity index (χ0n) is 9.08. The second-order valence-corrected chi connectivity index (χ2v) is 5.09. The van der Waals surface area contributed by atoms with Gasteiger partial charge in [0.1, 0.15) is 6.54 Å². The van der Waals surface area contributed by atoms with E-state index >= 15 is 0 Å². The molecule has 0 aliphatic rings. The fourth-order valence-electron chi connectivity index (χ4n) is 1.18. The second kappa shape index (κ2) is 4.98. The van der Waals surface area contributed by atoms with Gasteiger partial charge < -0.3 is 4.74 Å². The molecule has 0 saturated carbocycles. The molecule has 0 aliphatic heterocycles. The predicted octanol–water partition coefficient (Wildman–Crippen LogP) is 0.626. The molecule has 1 aromatic rings. The minimum absolute atomic E-state index is 0.320. The number of benzene rings is 1. The van der Waals surface area contributed by atoms with Gasteiger partial charge >= 0.3 is 5.97 Å². The SMILES string of the molecule is COC(=O)CN(c1ccccc1)S(C)(=O)=O. The minimum atomic E-state index is -3.49. The van der Waals surface area contributed by atoms with Gasteiger partial charge in [-0.3, -0.25) is 9.10 Å². The molecule has 0 fully saturated rings. The van der Waals surface area contributed by atoms with Crippen molar-refractivity contribution in [2.45, 2.75) is 0 Å². The number of hydrogen-bond donors (Lipinski definition) is 0. The Kier molecular flexibility index (Phi) is 3.89. The highest BCUT2D eigenvalue weighted by Gasteiger charge is 2.20. The minimum Gasteiger partial charge on any atom is -0.468 e. The summed E-state index contributed by atoms with van der Waals surface area (Å²) < 4.78 is 28.5. The van der Waals surface area contributed by atoms with Crippen molar-refractivity contribution >= 4 is 21.7 Å². The summed E-state index contributed by atoms with van der Waals surface area (Å²) in [5.74, 6) is -0.603. The van der Waals surface area contributed by atoms with Crippen LogP contribution in [0.1, 0.15) is 0 Å². The number of rotatable bonds is 4. The summed E-state index contributed by atoms with van der Waals surface area (Å²) in [5, 5.41) is 0. The molecule has 16 heavy (non-hydrogen) atoms. The number of anilines is 1. The van der Waals surface area contributed by atoms with Crippen LogP contribution < -0.4 is 4.31 Å². The summed E-state index contributed by atoms with van der Waals surface area (Å²) in [6.45, 7) is -0.320. The molecule has 0 amide bonds. The molecule has 1 rings (SSSR count). The van der Waals surface area contributed by atoms with E-state index in [1.165, 1.54) is 7.11 Å². The number of ether oxygens (including phenoxy) is 1. The van der Waals surface area contributed by atoms with Crippen LogP contribution >= 0.6 is 0 Å². The zero-order valence-corrected chi connectivity index (χ0v) is 9.90. The van der Waals surface area contributed by atoms with E-state index in [4.69, 9.17) is 0 Å². The maximum atomic E-state index is 11.5. The Morgan fingerprint density at radius 1 is 1.31 bits per heavy atom. The summed E-state index contributed by atoms with van der Waals surface area (Å²) >= 11 is 0. The summed E-state index contributed by atoms with van der Waals surface area (Å²) in [5.41, 5.74) is 0.440. The van der Waals surface area contributed by atoms with E-state index in [9.17, 15) is 13.2 Å². The van der Waals surface area contributed by atoms with Gasteiger partial charge in [-0.1, -0.05) is 18.2 Å². The summed E-state index contributed by atoms with van der Waals surface area (Å²) in [6, 6.07) is 8.39. The van der Waals surface area contributed by atoms with Crippen LogP contribution in [0.5, 0.6) is 0 Å². The van der Waals surface area contributed by atoms with Crippen molar-refractivity contribution in [2.24, 2.45) is 0 Å². The molecule has 5 nitrogen and oxygen atoms in total. The number of carbonyl (C=O) groups excluding carboxylic acids is 1. The first-order valence-corrected chi connectivity index (χ1v) is 6.39. The van der Waals surface area contributed by atoms with Crippen LogP contribution in [0.2, 0.25) is 0 Å². The van der Waals surface area contributed by atoms with Crippen molar-refractivity contribution in [3.8, 4) is 0 Å². The van der Waals surface area contributed by atoms with Gasteiger partial charge in [-0.25, -0.2) is 8.42 Å². The van der Waals surface area contributed by atoms with E-state index in [0.717, 1.165) is 10.6 Å². The fourth-order valence-corrected chi connectivity index (χ4v) is 2.02. The molecule has 0 spiro atoms. The van der Waals surface area contributed by atoms with E-state index in [2.05, 4.69) is 4.74 Å². The Morgan fingerprint density at radius 3 is 2.31 bits per heavy atom. The quantitative estimate of drug-likeness (QED) is 0.727. The first-order valence-electron chi connectivity index (χ1n) is 4.54. The average Bonchev–Trinajstić information content (AvgIpc) is 2.25. The molecule has 0 heterocycles. The van der Waals surface area contributed by atoms with Crippen LogP contribution in [0.4, 0.5) is 5.69 Å². The lowest BCUT2D eigenvalue weighted by Gasteiger charge is -2.20. The summed E-state index contributed by atoms with van der Waals surface area (Å²) in [4.78, 5) is 11.1. The lowest BCUT2D eigenvalue weighted by molar-refractivity contribution is -0.138. The molecule has 1 aromatic carbocycles. The van der Waals surface area contributed by atoms with E-state index < -0.39 is 16.0 Å². The molecule has 0 N–H and O–H groups in total. The Bertz CT molecular complexity index is 455. The van der Waals surface area contributed by atoms with E-state index in [0.29, 0.717) is 5.69 Å². The second-order valence-electron chi connectivity index (χ2n) is 3.18. The Labute approximate surface area is 94.7 Å². The van der Waals surface area contributed by atoms with Gasteiger partial charge in [0.15, 0.2) is 0 Å². The standard InChI is InChI=1S/C10H13NO4S/c1-15-10(12)8-11(16(2,13)14)9-6-4-3-5-7-9/h3-7H,8H2,1-2H3. The summed E-state index contributed by atoms with van der Waals surface area (Å²) in [7, 11) is -2.27. The van der Waals surface area contributed by atoms with Gasteiger partial charge in [0.05, 0.1) is 19.1 Å². The Morgan fingerprint density at radius 2 is 1.88 bits per heavy atom. The number of methoxy groups -OCH3 is 1. The zero-order chi connectivity index (χ0) is 12.2. The van der Waals surface area contributed by atoms with Gasteiger partial charge in [-0.15, -0.1) is 0 Å². The third-order valence-corrected chi connectivity index (χ3v) is 3.09. The highest BCUT2D eigenvalue weighted by molar-refractivity contribution is 7.92. The number of nitrogens with zero attached hydrogens (tertiary/aromatic N) is 1. The molecule has 6 heteroatoms. The molecule has 0 aliphatic carbocycles. The third-order valence-electron chi connectivity index (χ3n) is 1.94. The lowest BCUT2D eigenvalue weighted by atomic mass is 10.3. The molecular formula is C10H13NO4S. The first-order chi connectivity index (χ1) is 7.45. The lowest BCUT2D eigenvalue weighted by Crippen LogP contribution is -2.35. The molecule has 0 aromatic heterocycles. The van der Waals surface area contributed by atoms with Gasteiger partial charge in [0, 0.05) is 0 Å². The van der Waals surface area contributed by atoms with Crippen LogP contribution in [-0.4, -0.2) is 34.3 Å². The molecule has 0 unspecified atom stereocenters. The normalized spacial score (nSPS) is 10.9. The fraction of sp³-hybridized carbons (Fsp3) is 0.300. The largest absolute Gasteiger partial charge is 0.468 e. The van der Waals surface area contributed by atoms with Crippen LogP contribution in [0.25, 0.3) is 0 Å². The molecule has 0 bridgehead atoms. The average molecular weight is 243 g/mol. The highest BCUT2D eigenvalue weighted by atomic mass is 32.2. The topological polar surface area (TPSA) is 63.7 Å². The predicted molar refractivity (Wildman–Crippen MR) is 60.6 cm³/mol. The van der Waals surface area contributed by atoms with Crippen LogP contribution in [0, 0.1) is 0 Å². The molecule has 0 radical (unpaired) electrons. The van der Waals surface area contributed by atoms with Crippen LogP contribution in [-0.2, 0) is 19.6 Å².